The van der Waals surface area contributed by atoms with Gasteiger partial charge in [0.25, 0.3) is 0 Å². The molecule has 1 N–H and O–H groups in total. The van der Waals surface area contributed by atoms with Crippen molar-refractivity contribution in [3.8, 4) is 0 Å². The van der Waals surface area contributed by atoms with Crippen molar-refractivity contribution in [2.45, 2.75) is 38.3 Å². The third kappa shape index (κ3) is 4.59. The number of aromatic nitrogens is 3. The number of amides is 1. The summed E-state index contributed by atoms with van der Waals surface area (Å²) in [6.07, 6.45) is 3.84. The number of benzene rings is 1. The molecule has 0 saturated carbocycles. The number of carbonyl (C=O) groups excluding carboxylic acids is 1. The monoisotopic (exact) mass is 386 g/mol. The molecule has 7 heteroatoms. The largest absolute Gasteiger partial charge is 0.356 e. The summed E-state index contributed by atoms with van der Waals surface area (Å²) in [5, 5.41) is 4.83. The topological polar surface area (TPSA) is 67.8 Å². The summed E-state index contributed by atoms with van der Waals surface area (Å²) in [6.45, 7) is 4.57. The van der Waals surface area contributed by atoms with E-state index in [0.717, 1.165) is 39.1 Å². The fourth-order valence-corrected chi connectivity index (χ4v) is 4.25. The van der Waals surface area contributed by atoms with Crippen LogP contribution in [0.3, 0.4) is 0 Å². The third-order valence-corrected chi connectivity index (χ3v) is 5.83. The average Bonchev–Trinajstić information content (AvgIpc) is 3.03. The molecule has 0 unspecified atom stereocenters. The highest BCUT2D eigenvalue weighted by atomic mass is 32.2. The number of nitrogens with one attached hydrogen (secondary N) is 1. The van der Waals surface area contributed by atoms with Gasteiger partial charge in [0.1, 0.15) is 0 Å². The van der Waals surface area contributed by atoms with Crippen molar-refractivity contribution < 1.29 is 4.79 Å². The molecular weight excluding hydrogens is 364 g/mol. The molecule has 0 aliphatic carbocycles. The number of hydrogen-bond acceptors (Lipinski definition) is 6. The molecule has 2 aromatic heterocycles. The number of nitrogens with zero attached hydrogens (tertiary/aromatic N) is 3. The fourth-order valence-electron chi connectivity index (χ4n) is 2.82. The van der Waals surface area contributed by atoms with Gasteiger partial charge in [-0.2, -0.15) is 0 Å². The molecule has 0 bridgehead atoms. The summed E-state index contributed by atoms with van der Waals surface area (Å²) in [7, 11) is 0. The first-order chi connectivity index (χ1) is 12.6. The number of hydrogen-bond donors (Lipinski definition) is 1. The Kier molecular flexibility index (Phi) is 6.21. The maximum atomic E-state index is 12.2. The Morgan fingerprint density at radius 3 is 2.54 bits per heavy atom. The van der Waals surface area contributed by atoms with E-state index in [1.807, 2.05) is 38.3 Å². The third-order valence-electron chi connectivity index (χ3n) is 4.18. The lowest BCUT2D eigenvalue weighted by molar-refractivity contribution is -0.121. The number of aryl methyl sites for hydroxylation is 2. The van der Waals surface area contributed by atoms with Gasteiger partial charge in [0.05, 0.1) is 15.2 Å². The number of carbonyl (C=O) groups is 1. The van der Waals surface area contributed by atoms with E-state index in [-0.39, 0.29) is 5.91 Å². The van der Waals surface area contributed by atoms with E-state index in [4.69, 9.17) is 0 Å². The fraction of sp³-hybridized carbons (Fsp3) is 0.368. The number of rotatable bonds is 7. The van der Waals surface area contributed by atoms with E-state index < -0.39 is 0 Å². The van der Waals surface area contributed by atoms with Gasteiger partial charge in [-0.15, -0.1) is 11.3 Å². The highest BCUT2D eigenvalue weighted by Crippen LogP contribution is 2.21. The van der Waals surface area contributed by atoms with E-state index in [2.05, 4.69) is 26.3 Å². The van der Waals surface area contributed by atoms with Gasteiger partial charge in [-0.1, -0.05) is 23.9 Å². The van der Waals surface area contributed by atoms with Crippen molar-refractivity contribution in [2.24, 2.45) is 0 Å². The molecule has 5 nitrogen and oxygen atoms in total. The first kappa shape index (κ1) is 18.8. The van der Waals surface area contributed by atoms with Crippen LogP contribution in [-0.2, 0) is 17.6 Å². The average molecular weight is 387 g/mol. The molecule has 3 aromatic rings. The van der Waals surface area contributed by atoms with Gasteiger partial charge in [-0.3, -0.25) is 4.79 Å². The number of thiazole rings is 1. The Balaban J connectivity index is 1.48. The Bertz CT molecular complexity index is 867. The van der Waals surface area contributed by atoms with Gasteiger partial charge in [-0.05, 0) is 44.2 Å². The molecule has 3 rings (SSSR count). The first-order valence-corrected chi connectivity index (χ1v) is 10.6. The quantitative estimate of drug-likeness (QED) is 0.495. The molecule has 0 radical (unpaired) electrons. The van der Waals surface area contributed by atoms with Gasteiger partial charge >= 0.3 is 0 Å². The second kappa shape index (κ2) is 8.60. The van der Waals surface area contributed by atoms with Crippen molar-refractivity contribution in [3.05, 3.63) is 46.2 Å². The van der Waals surface area contributed by atoms with Crippen LogP contribution in [0.25, 0.3) is 10.2 Å². The predicted molar refractivity (Wildman–Crippen MR) is 108 cm³/mol. The second-order valence-corrected chi connectivity index (χ2v) is 7.92. The zero-order valence-electron chi connectivity index (χ0n) is 15.2. The van der Waals surface area contributed by atoms with Gasteiger partial charge in [0.2, 0.25) is 5.91 Å². The summed E-state index contributed by atoms with van der Waals surface area (Å²) >= 11 is 3.22. The molecule has 0 aliphatic rings. The van der Waals surface area contributed by atoms with Gasteiger partial charge in [-0.25, -0.2) is 15.0 Å². The zero-order chi connectivity index (χ0) is 18.5. The lowest BCUT2D eigenvalue weighted by Crippen LogP contribution is -2.26. The molecule has 0 aliphatic heterocycles. The van der Waals surface area contributed by atoms with Crippen LogP contribution < -0.4 is 5.32 Å². The molecule has 1 aromatic carbocycles. The Hall–Kier alpha value is -1.99. The van der Waals surface area contributed by atoms with Crippen molar-refractivity contribution in [2.75, 3.05) is 12.8 Å². The standard InChI is InChI=1S/C19H22N4OS2/c1-12-14(13(2)22-19(21-12)25-3)8-9-17(24)20-11-10-18-23-15-6-4-5-7-16(15)26-18/h4-7H,8-11H2,1-3H3,(H,20,24). The van der Waals surface area contributed by atoms with E-state index in [1.54, 1.807) is 11.3 Å². The van der Waals surface area contributed by atoms with Crippen LogP contribution in [0.15, 0.2) is 29.4 Å². The summed E-state index contributed by atoms with van der Waals surface area (Å²) in [5.74, 6) is 0.0545. The van der Waals surface area contributed by atoms with Crippen LogP contribution >= 0.6 is 23.1 Å². The maximum Gasteiger partial charge on any atom is 0.220 e. The Morgan fingerprint density at radius 1 is 1.12 bits per heavy atom. The van der Waals surface area contributed by atoms with Crippen molar-refractivity contribution >= 4 is 39.2 Å². The lowest BCUT2D eigenvalue weighted by atomic mass is 10.1. The highest BCUT2D eigenvalue weighted by Gasteiger charge is 2.11. The number of fused-ring (bicyclic) bond motifs is 1. The molecule has 0 spiro atoms. The lowest BCUT2D eigenvalue weighted by Gasteiger charge is -2.10. The van der Waals surface area contributed by atoms with E-state index >= 15 is 0 Å². The summed E-state index contributed by atoms with van der Waals surface area (Å²) in [6, 6.07) is 8.10. The van der Waals surface area contributed by atoms with Crippen LogP contribution in [0.5, 0.6) is 0 Å². The van der Waals surface area contributed by atoms with Crippen LogP contribution in [-0.4, -0.2) is 33.7 Å². The summed E-state index contributed by atoms with van der Waals surface area (Å²) in [4.78, 5) is 25.7. The zero-order valence-corrected chi connectivity index (χ0v) is 16.8. The molecule has 136 valence electrons. The Morgan fingerprint density at radius 2 is 1.85 bits per heavy atom. The first-order valence-electron chi connectivity index (χ1n) is 8.56. The predicted octanol–water partition coefficient (Wildman–Crippen LogP) is 3.72. The van der Waals surface area contributed by atoms with E-state index in [9.17, 15) is 4.79 Å². The van der Waals surface area contributed by atoms with Crippen molar-refractivity contribution in [1.82, 2.24) is 20.3 Å². The molecule has 2 heterocycles. The van der Waals surface area contributed by atoms with Crippen molar-refractivity contribution in [1.29, 1.82) is 0 Å². The number of para-hydroxylation sites is 1. The van der Waals surface area contributed by atoms with Crippen molar-refractivity contribution in [3.63, 3.8) is 0 Å². The molecule has 0 fully saturated rings. The normalized spacial score (nSPS) is 11.0. The molecular formula is C19H22N4OS2. The van der Waals surface area contributed by atoms with Crippen LogP contribution in [0.4, 0.5) is 0 Å². The minimum atomic E-state index is 0.0545. The van der Waals surface area contributed by atoms with E-state index in [0.29, 0.717) is 19.4 Å². The Labute approximate surface area is 161 Å². The smallest absolute Gasteiger partial charge is 0.220 e. The van der Waals surface area contributed by atoms with Gasteiger partial charge in [0.15, 0.2) is 5.16 Å². The molecule has 0 saturated heterocycles. The van der Waals surface area contributed by atoms with Crippen LogP contribution in [0.2, 0.25) is 0 Å². The summed E-state index contributed by atoms with van der Waals surface area (Å²) in [5.41, 5.74) is 4.02. The SMILES string of the molecule is CSc1nc(C)c(CCC(=O)NCCc2nc3ccccc3s2)c(C)n1. The van der Waals surface area contributed by atoms with E-state index in [1.165, 1.54) is 16.5 Å². The highest BCUT2D eigenvalue weighted by molar-refractivity contribution is 7.98. The summed E-state index contributed by atoms with van der Waals surface area (Å²) < 4.78 is 1.19. The van der Waals surface area contributed by atoms with Gasteiger partial charge < -0.3 is 5.32 Å². The van der Waals surface area contributed by atoms with Crippen LogP contribution in [0, 0.1) is 13.8 Å². The minimum Gasteiger partial charge on any atom is -0.356 e. The van der Waals surface area contributed by atoms with Crippen LogP contribution in [0.1, 0.15) is 28.4 Å². The second-order valence-electron chi connectivity index (χ2n) is 6.03. The maximum absolute atomic E-state index is 12.2. The molecule has 26 heavy (non-hydrogen) atoms. The minimum absolute atomic E-state index is 0.0545. The number of thioether (sulfide) groups is 1. The molecule has 0 atom stereocenters. The van der Waals surface area contributed by atoms with Gasteiger partial charge in [0, 0.05) is 30.8 Å². The molecule has 1 amide bonds.